The lowest BCUT2D eigenvalue weighted by atomic mass is 9.98. The van der Waals surface area contributed by atoms with Gasteiger partial charge in [0, 0.05) is 12.4 Å². The number of nitrogens with zero attached hydrogens (tertiary/aromatic N) is 2. The van der Waals surface area contributed by atoms with E-state index >= 15 is 0 Å². The van der Waals surface area contributed by atoms with Crippen LogP contribution in [0, 0.1) is 0 Å². The van der Waals surface area contributed by atoms with Gasteiger partial charge in [0.05, 0.1) is 12.1 Å². The Hall–Kier alpha value is -2.14. The van der Waals surface area contributed by atoms with E-state index in [1.807, 2.05) is 18.2 Å². The third kappa shape index (κ3) is 3.24. The molecule has 0 radical (unpaired) electrons. The minimum atomic E-state index is -0.988. The first-order valence-electron chi connectivity index (χ1n) is 5.94. The summed E-state index contributed by atoms with van der Waals surface area (Å²) in [5.74, 6) is -0.956. The Morgan fingerprint density at radius 1 is 1.35 bits per heavy atom. The summed E-state index contributed by atoms with van der Waals surface area (Å²) in [5, 5.41) is 9.74. The van der Waals surface area contributed by atoms with Crippen LogP contribution in [0.15, 0.2) is 36.7 Å². The average molecular weight is 293 g/mol. The summed E-state index contributed by atoms with van der Waals surface area (Å²) in [6.45, 7) is 0. The summed E-state index contributed by atoms with van der Waals surface area (Å²) in [5.41, 5.74) is 0.793. The van der Waals surface area contributed by atoms with E-state index in [9.17, 15) is 9.90 Å². The Bertz CT molecular complexity index is 602. The van der Waals surface area contributed by atoms with Gasteiger partial charge >= 0.3 is 5.97 Å². The van der Waals surface area contributed by atoms with Crippen LogP contribution in [-0.4, -0.2) is 28.2 Å². The number of para-hydroxylation sites is 1. The number of benzene rings is 1. The van der Waals surface area contributed by atoms with E-state index in [-0.39, 0.29) is 12.2 Å². The second-order valence-electron chi connectivity index (χ2n) is 4.17. The largest absolute Gasteiger partial charge is 0.496 e. The van der Waals surface area contributed by atoms with Gasteiger partial charge in [-0.2, -0.15) is 0 Å². The molecule has 0 saturated carbocycles. The second kappa shape index (κ2) is 6.34. The van der Waals surface area contributed by atoms with E-state index in [1.54, 1.807) is 13.2 Å². The highest BCUT2D eigenvalue weighted by Gasteiger charge is 2.24. The quantitative estimate of drug-likeness (QED) is 0.917. The summed E-state index contributed by atoms with van der Waals surface area (Å²) in [6, 6.07) is 7.28. The van der Waals surface area contributed by atoms with Crippen molar-refractivity contribution >= 4 is 17.6 Å². The Labute approximate surface area is 121 Å². The number of methoxy groups -OCH3 is 1. The Balaban J connectivity index is 2.30. The van der Waals surface area contributed by atoms with Crippen molar-refractivity contribution in [1.29, 1.82) is 0 Å². The molecule has 0 aliphatic carbocycles. The fourth-order valence-electron chi connectivity index (χ4n) is 1.88. The number of carboxylic acid groups (broad SMARTS) is 1. The first-order valence-corrected chi connectivity index (χ1v) is 6.31. The predicted molar refractivity (Wildman–Crippen MR) is 74.1 cm³/mol. The highest BCUT2D eigenvalue weighted by molar-refractivity contribution is 6.30. The Kier molecular flexibility index (Phi) is 4.53. The molecule has 0 spiro atoms. The first-order chi connectivity index (χ1) is 9.61. The summed E-state index contributed by atoms with van der Waals surface area (Å²) in [4.78, 5) is 19.4. The number of carboxylic acids is 1. The zero-order valence-electron chi connectivity index (χ0n) is 10.8. The fourth-order valence-corrected chi connectivity index (χ4v) is 1.98. The third-order valence-corrected chi connectivity index (χ3v) is 3.06. The lowest BCUT2D eigenvalue weighted by molar-refractivity contribution is -0.139. The van der Waals surface area contributed by atoms with Gasteiger partial charge in [-0.3, -0.25) is 4.79 Å². The monoisotopic (exact) mass is 292 g/mol. The molecule has 2 aromatic rings. The summed E-state index contributed by atoms with van der Waals surface area (Å²) >= 11 is 5.71. The van der Waals surface area contributed by atoms with Gasteiger partial charge in [-0.05, 0) is 18.1 Å². The highest BCUT2D eigenvalue weighted by atomic mass is 35.5. The molecule has 1 aromatic heterocycles. The number of aliphatic carboxylic acids is 1. The Morgan fingerprint density at radius 3 is 2.60 bits per heavy atom. The van der Waals surface area contributed by atoms with E-state index in [1.165, 1.54) is 12.4 Å². The molecular formula is C14H13ClN2O3. The van der Waals surface area contributed by atoms with Gasteiger partial charge in [-0.25, -0.2) is 9.97 Å². The molecule has 0 amide bonds. The van der Waals surface area contributed by atoms with Crippen LogP contribution >= 0.6 is 11.6 Å². The predicted octanol–water partition coefficient (Wildman–Crippen LogP) is 2.55. The van der Waals surface area contributed by atoms with E-state index in [2.05, 4.69) is 9.97 Å². The topological polar surface area (TPSA) is 72.3 Å². The first kappa shape index (κ1) is 14.3. The van der Waals surface area contributed by atoms with Crippen LogP contribution in [0.1, 0.15) is 17.3 Å². The van der Waals surface area contributed by atoms with Crippen molar-refractivity contribution < 1.29 is 14.6 Å². The van der Waals surface area contributed by atoms with Gasteiger partial charge in [0.15, 0.2) is 0 Å². The Morgan fingerprint density at radius 2 is 2.00 bits per heavy atom. The van der Waals surface area contributed by atoms with Crippen LogP contribution in [0.3, 0.4) is 0 Å². The maximum Gasteiger partial charge on any atom is 0.314 e. The van der Waals surface area contributed by atoms with Crippen molar-refractivity contribution in [3.05, 3.63) is 53.1 Å². The minimum absolute atomic E-state index is 0.229. The van der Waals surface area contributed by atoms with Crippen molar-refractivity contribution in [2.45, 2.75) is 12.3 Å². The smallest absolute Gasteiger partial charge is 0.314 e. The van der Waals surface area contributed by atoms with Gasteiger partial charge < -0.3 is 9.84 Å². The molecule has 0 fully saturated rings. The van der Waals surface area contributed by atoms with Crippen LogP contribution in [0.25, 0.3) is 0 Å². The summed E-state index contributed by atoms with van der Waals surface area (Å²) < 4.78 is 5.23. The maximum atomic E-state index is 11.4. The molecule has 1 unspecified atom stereocenters. The molecule has 0 aliphatic rings. The zero-order valence-corrected chi connectivity index (χ0v) is 11.5. The molecule has 5 nitrogen and oxygen atoms in total. The molecule has 0 aliphatic heterocycles. The lowest BCUT2D eigenvalue weighted by Gasteiger charge is -2.13. The zero-order chi connectivity index (χ0) is 14.5. The van der Waals surface area contributed by atoms with Crippen molar-refractivity contribution in [3.8, 4) is 5.75 Å². The van der Waals surface area contributed by atoms with Crippen LogP contribution in [0.4, 0.5) is 0 Å². The molecule has 2 rings (SSSR count). The number of carbonyl (C=O) groups is 1. The molecular weight excluding hydrogens is 280 g/mol. The SMILES string of the molecule is COc1ccccc1CC(C(=O)O)c1ncc(Cl)cn1. The van der Waals surface area contributed by atoms with E-state index in [0.29, 0.717) is 10.8 Å². The standard InChI is InChI=1S/C14H13ClN2O3/c1-20-12-5-3-2-4-9(12)6-11(14(18)19)13-16-7-10(15)8-17-13/h2-5,7-8,11H,6H2,1H3,(H,18,19). The molecule has 1 atom stereocenters. The number of halogens is 1. The van der Waals surface area contributed by atoms with Gasteiger partial charge in [-0.1, -0.05) is 29.8 Å². The molecule has 104 valence electrons. The number of hydrogen-bond acceptors (Lipinski definition) is 4. The van der Waals surface area contributed by atoms with Crippen LogP contribution in [0.2, 0.25) is 5.02 Å². The second-order valence-corrected chi connectivity index (χ2v) is 4.60. The van der Waals surface area contributed by atoms with Gasteiger partial charge in [-0.15, -0.1) is 0 Å². The minimum Gasteiger partial charge on any atom is -0.496 e. The normalized spacial score (nSPS) is 11.9. The summed E-state index contributed by atoms with van der Waals surface area (Å²) in [6.07, 6.45) is 3.03. The summed E-state index contributed by atoms with van der Waals surface area (Å²) in [7, 11) is 1.55. The lowest BCUT2D eigenvalue weighted by Crippen LogP contribution is -2.17. The number of rotatable bonds is 5. The van der Waals surface area contributed by atoms with Crippen molar-refractivity contribution in [1.82, 2.24) is 9.97 Å². The van der Waals surface area contributed by atoms with E-state index < -0.39 is 11.9 Å². The van der Waals surface area contributed by atoms with Crippen LogP contribution in [-0.2, 0) is 11.2 Å². The number of hydrogen-bond donors (Lipinski definition) is 1. The highest BCUT2D eigenvalue weighted by Crippen LogP contribution is 2.25. The van der Waals surface area contributed by atoms with E-state index in [4.69, 9.17) is 16.3 Å². The van der Waals surface area contributed by atoms with Gasteiger partial charge in [0.2, 0.25) is 0 Å². The van der Waals surface area contributed by atoms with Gasteiger partial charge in [0.1, 0.15) is 17.5 Å². The number of ether oxygens (including phenoxy) is 1. The fraction of sp³-hybridized carbons (Fsp3) is 0.214. The maximum absolute atomic E-state index is 11.4. The van der Waals surface area contributed by atoms with Crippen molar-refractivity contribution in [3.63, 3.8) is 0 Å². The molecule has 1 N–H and O–H groups in total. The molecule has 0 saturated heterocycles. The van der Waals surface area contributed by atoms with Crippen LogP contribution in [0.5, 0.6) is 5.75 Å². The molecule has 6 heteroatoms. The van der Waals surface area contributed by atoms with Gasteiger partial charge in [0.25, 0.3) is 0 Å². The third-order valence-electron chi connectivity index (χ3n) is 2.87. The average Bonchev–Trinajstić information content (AvgIpc) is 2.46. The molecule has 1 heterocycles. The molecule has 1 aromatic carbocycles. The van der Waals surface area contributed by atoms with Crippen molar-refractivity contribution in [2.75, 3.05) is 7.11 Å². The van der Waals surface area contributed by atoms with Crippen molar-refractivity contribution in [2.24, 2.45) is 0 Å². The molecule has 0 bridgehead atoms. The van der Waals surface area contributed by atoms with Crippen LogP contribution < -0.4 is 4.74 Å². The number of aromatic nitrogens is 2. The van der Waals surface area contributed by atoms with E-state index in [0.717, 1.165) is 5.56 Å². The molecule has 20 heavy (non-hydrogen) atoms.